The third-order valence-electron chi connectivity index (χ3n) is 0.945. The number of rotatable bonds is 5. The van der Waals surface area contributed by atoms with E-state index < -0.39 is 0 Å². The Bertz CT molecular complexity index is 95.7. The van der Waals surface area contributed by atoms with Crippen molar-refractivity contribution in [2.24, 2.45) is 0 Å². The molecule has 2 nitrogen and oxygen atoms in total. The number of hydrogen-bond donors (Lipinski definition) is 2. The Morgan fingerprint density at radius 3 is 2.50 bits per heavy atom. The van der Waals surface area contributed by atoms with Gasteiger partial charge in [0, 0.05) is 0 Å². The molecular formula is C6H12O2S2. The summed E-state index contributed by atoms with van der Waals surface area (Å²) in [6, 6.07) is 0. The first-order valence-corrected chi connectivity index (χ1v) is 4.45. The molecule has 0 fully saturated rings. The first-order chi connectivity index (χ1) is 4.81. The van der Waals surface area contributed by atoms with Gasteiger partial charge in [-0.15, -0.1) is 0 Å². The van der Waals surface area contributed by atoms with Crippen LogP contribution in [0.3, 0.4) is 0 Å². The summed E-state index contributed by atoms with van der Waals surface area (Å²) >= 11 is 7.76. The van der Waals surface area contributed by atoms with Gasteiger partial charge in [0.1, 0.15) is 0 Å². The van der Waals surface area contributed by atoms with Gasteiger partial charge in [-0.05, 0) is 18.6 Å². The van der Waals surface area contributed by atoms with Crippen LogP contribution in [0.15, 0.2) is 0 Å². The van der Waals surface area contributed by atoms with Gasteiger partial charge in [0.05, 0.1) is 12.4 Å². The van der Waals surface area contributed by atoms with Gasteiger partial charge in [0.15, 0.2) is 0 Å². The van der Waals surface area contributed by atoms with Gasteiger partial charge in [-0.2, -0.15) is 25.3 Å². The van der Waals surface area contributed by atoms with Crippen LogP contribution in [0.5, 0.6) is 0 Å². The number of hydrogen-bond acceptors (Lipinski definition) is 4. The van der Waals surface area contributed by atoms with E-state index in [2.05, 4.69) is 25.3 Å². The lowest BCUT2D eigenvalue weighted by Gasteiger charge is -2.00. The highest BCUT2D eigenvalue weighted by molar-refractivity contribution is 7.81. The van der Waals surface area contributed by atoms with Gasteiger partial charge in [0.25, 0.3) is 0 Å². The van der Waals surface area contributed by atoms with Gasteiger partial charge >= 0.3 is 5.97 Å². The van der Waals surface area contributed by atoms with Crippen LogP contribution in [0, 0.1) is 0 Å². The van der Waals surface area contributed by atoms with Gasteiger partial charge in [-0.25, -0.2) is 0 Å². The van der Waals surface area contributed by atoms with E-state index in [-0.39, 0.29) is 11.7 Å². The molecule has 0 aliphatic carbocycles. The summed E-state index contributed by atoms with van der Waals surface area (Å²) in [5.74, 6) is 0.766. The number of ether oxygens (including phenoxy) is 1. The van der Waals surface area contributed by atoms with Gasteiger partial charge in [-0.1, -0.05) is 0 Å². The lowest BCUT2D eigenvalue weighted by atomic mass is 10.4. The second kappa shape index (κ2) is 7.28. The van der Waals surface area contributed by atoms with Crippen molar-refractivity contribution in [1.29, 1.82) is 0 Å². The molecule has 0 bridgehead atoms. The number of unbranched alkanes of at least 4 members (excludes halogenated alkanes) is 1. The minimum atomic E-state index is -0.248. The fourth-order valence-electron chi connectivity index (χ4n) is 0.446. The van der Waals surface area contributed by atoms with Crippen molar-refractivity contribution in [3.8, 4) is 0 Å². The number of carbonyl (C=O) groups is 1. The van der Waals surface area contributed by atoms with Crippen LogP contribution in [-0.2, 0) is 9.53 Å². The van der Waals surface area contributed by atoms with Crippen LogP contribution in [0.1, 0.15) is 12.8 Å². The fraction of sp³-hybridized carbons (Fsp3) is 0.833. The molecule has 0 unspecified atom stereocenters. The quantitative estimate of drug-likeness (QED) is 0.377. The average molecular weight is 180 g/mol. The molecule has 0 aromatic rings. The van der Waals surface area contributed by atoms with Gasteiger partial charge in [-0.3, -0.25) is 4.79 Å². The summed E-state index contributed by atoms with van der Waals surface area (Å²) in [4.78, 5) is 10.5. The van der Waals surface area contributed by atoms with Crippen LogP contribution in [0.2, 0.25) is 0 Å². The zero-order valence-corrected chi connectivity index (χ0v) is 7.54. The summed E-state index contributed by atoms with van der Waals surface area (Å²) in [6.07, 6.45) is 1.88. The summed E-state index contributed by atoms with van der Waals surface area (Å²) in [5.41, 5.74) is 0. The van der Waals surface area contributed by atoms with Crippen LogP contribution < -0.4 is 0 Å². The molecule has 0 saturated heterocycles. The number of thiol groups is 2. The molecule has 0 rings (SSSR count). The van der Waals surface area contributed by atoms with Crippen LogP contribution in [0.25, 0.3) is 0 Å². The van der Waals surface area contributed by atoms with E-state index in [0.29, 0.717) is 6.61 Å². The Kier molecular flexibility index (Phi) is 7.40. The van der Waals surface area contributed by atoms with E-state index in [0.717, 1.165) is 18.6 Å². The van der Waals surface area contributed by atoms with Crippen LogP contribution in [0.4, 0.5) is 0 Å². The number of carbonyl (C=O) groups excluding carboxylic acids is 1. The average Bonchev–Trinajstić information content (AvgIpc) is 1.98. The first kappa shape index (κ1) is 10.2. The molecular weight excluding hydrogens is 168 g/mol. The Labute approximate surface area is 72.1 Å². The van der Waals surface area contributed by atoms with Crippen molar-refractivity contribution in [2.75, 3.05) is 18.1 Å². The summed E-state index contributed by atoms with van der Waals surface area (Å²) < 4.78 is 4.74. The van der Waals surface area contributed by atoms with Gasteiger partial charge in [0.2, 0.25) is 0 Å². The molecule has 0 aromatic carbocycles. The molecule has 0 spiro atoms. The Balaban J connectivity index is 2.96. The molecule has 0 aromatic heterocycles. The SMILES string of the molecule is O=C(CS)OCCCCS. The Morgan fingerprint density at radius 1 is 1.30 bits per heavy atom. The summed E-state index contributed by atoms with van der Waals surface area (Å²) in [7, 11) is 0. The lowest BCUT2D eigenvalue weighted by Crippen LogP contribution is -2.06. The minimum absolute atomic E-state index is 0.168. The second-order valence-electron chi connectivity index (χ2n) is 1.81. The van der Waals surface area contributed by atoms with Crippen molar-refractivity contribution in [3.63, 3.8) is 0 Å². The predicted molar refractivity (Wildman–Crippen MR) is 47.9 cm³/mol. The smallest absolute Gasteiger partial charge is 0.315 e. The maximum Gasteiger partial charge on any atom is 0.315 e. The molecule has 0 radical (unpaired) electrons. The molecule has 10 heavy (non-hydrogen) atoms. The lowest BCUT2D eigenvalue weighted by molar-refractivity contribution is -0.140. The van der Waals surface area contributed by atoms with E-state index in [1.807, 2.05) is 0 Å². The van der Waals surface area contributed by atoms with E-state index in [9.17, 15) is 4.79 Å². The highest BCUT2D eigenvalue weighted by Gasteiger charge is 1.96. The fourth-order valence-corrected chi connectivity index (χ4v) is 0.760. The minimum Gasteiger partial charge on any atom is -0.465 e. The monoisotopic (exact) mass is 180 g/mol. The third-order valence-corrected chi connectivity index (χ3v) is 1.52. The molecule has 0 atom stereocenters. The topological polar surface area (TPSA) is 26.3 Å². The molecule has 0 aliphatic heterocycles. The van der Waals surface area contributed by atoms with Crippen LogP contribution >= 0.6 is 25.3 Å². The predicted octanol–water partition coefficient (Wildman–Crippen LogP) is 1.17. The van der Waals surface area contributed by atoms with Crippen molar-refractivity contribution >= 4 is 31.2 Å². The normalized spacial score (nSPS) is 9.40. The standard InChI is InChI=1S/C6H12O2S2/c7-6(5-10)8-3-1-2-4-9/h9-10H,1-5H2. The van der Waals surface area contributed by atoms with E-state index >= 15 is 0 Å². The molecule has 0 saturated carbocycles. The second-order valence-corrected chi connectivity index (χ2v) is 2.57. The molecule has 4 heteroatoms. The zero-order valence-electron chi connectivity index (χ0n) is 5.75. The van der Waals surface area contributed by atoms with E-state index in [1.54, 1.807) is 0 Å². The molecule has 60 valence electrons. The molecule has 0 heterocycles. The molecule has 0 amide bonds. The van der Waals surface area contributed by atoms with Crippen molar-refractivity contribution in [3.05, 3.63) is 0 Å². The molecule has 0 aliphatic rings. The van der Waals surface area contributed by atoms with Gasteiger partial charge < -0.3 is 4.74 Å². The molecule has 0 N–H and O–H groups in total. The van der Waals surface area contributed by atoms with E-state index in [1.165, 1.54) is 0 Å². The van der Waals surface area contributed by atoms with E-state index in [4.69, 9.17) is 4.74 Å². The highest BCUT2D eigenvalue weighted by Crippen LogP contribution is 1.92. The summed E-state index contributed by atoms with van der Waals surface area (Å²) in [5, 5.41) is 0. The summed E-state index contributed by atoms with van der Waals surface area (Å²) in [6.45, 7) is 0.500. The third kappa shape index (κ3) is 6.29. The van der Waals surface area contributed by atoms with Crippen molar-refractivity contribution in [2.45, 2.75) is 12.8 Å². The van der Waals surface area contributed by atoms with Crippen LogP contribution in [-0.4, -0.2) is 24.1 Å². The maximum absolute atomic E-state index is 10.5. The first-order valence-electron chi connectivity index (χ1n) is 3.18. The maximum atomic E-state index is 10.5. The Morgan fingerprint density at radius 2 is 2.00 bits per heavy atom. The highest BCUT2D eigenvalue weighted by atomic mass is 32.1. The largest absolute Gasteiger partial charge is 0.465 e. The zero-order chi connectivity index (χ0) is 7.82. The van der Waals surface area contributed by atoms with Crippen molar-refractivity contribution in [1.82, 2.24) is 0 Å². The van der Waals surface area contributed by atoms with Crippen molar-refractivity contribution < 1.29 is 9.53 Å². The Hall–Kier alpha value is 0.170. The number of esters is 1.